The van der Waals surface area contributed by atoms with Gasteiger partial charge < -0.3 is 10.0 Å². The summed E-state index contributed by atoms with van der Waals surface area (Å²) in [7, 11) is 0. The van der Waals surface area contributed by atoms with Crippen molar-refractivity contribution in [1.29, 1.82) is 0 Å². The maximum Gasteiger partial charge on any atom is 0.226 e. The number of fused-ring (bicyclic) bond motifs is 3. The second-order valence-corrected chi connectivity index (χ2v) is 5.41. The van der Waals surface area contributed by atoms with Crippen LogP contribution in [-0.2, 0) is 11.2 Å². The molecule has 1 aromatic carbocycles. The third kappa shape index (κ3) is 2.03. The zero-order chi connectivity index (χ0) is 12.5. The Morgan fingerprint density at radius 3 is 2.72 bits per heavy atom. The van der Waals surface area contributed by atoms with Crippen molar-refractivity contribution in [2.75, 3.05) is 6.54 Å². The van der Waals surface area contributed by atoms with E-state index in [-0.39, 0.29) is 24.0 Å². The first-order chi connectivity index (χ1) is 8.75. The van der Waals surface area contributed by atoms with E-state index in [1.54, 1.807) is 0 Å². The van der Waals surface area contributed by atoms with Gasteiger partial charge in [-0.05, 0) is 31.2 Å². The number of aliphatic hydroxyl groups excluding tert-OH is 1. The van der Waals surface area contributed by atoms with Crippen LogP contribution in [0.1, 0.15) is 24.8 Å². The zero-order valence-corrected chi connectivity index (χ0v) is 10.5. The van der Waals surface area contributed by atoms with Crippen LogP contribution in [0.4, 0.5) is 0 Å². The summed E-state index contributed by atoms with van der Waals surface area (Å²) in [4.78, 5) is 14.1. The smallest absolute Gasteiger partial charge is 0.226 e. The third-order valence-electron chi connectivity index (χ3n) is 4.30. The fourth-order valence-corrected chi connectivity index (χ4v) is 3.29. The molecular formula is C15H19NO2. The number of amides is 1. The van der Waals surface area contributed by atoms with Crippen molar-refractivity contribution in [2.45, 2.75) is 37.8 Å². The molecule has 96 valence electrons. The second kappa shape index (κ2) is 4.73. The van der Waals surface area contributed by atoms with Gasteiger partial charge in [-0.1, -0.05) is 30.3 Å². The van der Waals surface area contributed by atoms with E-state index in [9.17, 15) is 9.90 Å². The molecule has 3 aliphatic rings. The summed E-state index contributed by atoms with van der Waals surface area (Å²) in [6.45, 7) is 0.737. The summed E-state index contributed by atoms with van der Waals surface area (Å²) in [6.07, 6.45) is 3.17. The molecule has 0 unspecified atom stereocenters. The van der Waals surface area contributed by atoms with Crippen LogP contribution in [-0.4, -0.2) is 34.6 Å². The molecule has 1 N–H and O–H groups in total. The summed E-state index contributed by atoms with van der Waals surface area (Å²) >= 11 is 0. The van der Waals surface area contributed by atoms with Crippen LogP contribution < -0.4 is 0 Å². The molecule has 0 spiro atoms. The van der Waals surface area contributed by atoms with Gasteiger partial charge in [0.25, 0.3) is 0 Å². The molecule has 2 heterocycles. The van der Waals surface area contributed by atoms with Crippen LogP contribution in [0.2, 0.25) is 0 Å². The first-order valence-corrected chi connectivity index (χ1v) is 6.78. The predicted octanol–water partition coefficient (Wildman–Crippen LogP) is 1.60. The van der Waals surface area contributed by atoms with Crippen LogP contribution >= 0.6 is 0 Å². The summed E-state index contributed by atoms with van der Waals surface area (Å²) in [6, 6.07) is 10.3. The molecule has 3 nitrogen and oxygen atoms in total. The first-order valence-electron chi connectivity index (χ1n) is 6.78. The highest BCUT2D eigenvalue weighted by molar-refractivity contribution is 5.81. The normalized spacial score (nSPS) is 30.8. The summed E-state index contributed by atoms with van der Waals surface area (Å²) < 4.78 is 0. The number of aliphatic hydroxyl groups is 1. The molecule has 1 aromatic rings. The van der Waals surface area contributed by atoms with Crippen LogP contribution in [0.3, 0.4) is 0 Å². The Morgan fingerprint density at radius 1 is 1.22 bits per heavy atom. The number of carbonyl (C=O) groups is 1. The molecular weight excluding hydrogens is 226 g/mol. The maximum absolute atomic E-state index is 12.2. The van der Waals surface area contributed by atoms with Crippen LogP contribution in [0.5, 0.6) is 0 Å². The topological polar surface area (TPSA) is 40.5 Å². The van der Waals surface area contributed by atoms with E-state index in [0.29, 0.717) is 6.42 Å². The van der Waals surface area contributed by atoms with E-state index in [0.717, 1.165) is 25.8 Å². The maximum atomic E-state index is 12.2. The highest BCUT2D eigenvalue weighted by atomic mass is 16.3. The molecule has 3 fully saturated rings. The molecule has 1 aliphatic carbocycles. The summed E-state index contributed by atoms with van der Waals surface area (Å²) in [5.74, 6) is 0.327. The highest BCUT2D eigenvalue weighted by Crippen LogP contribution is 2.36. The van der Waals surface area contributed by atoms with Gasteiger partial charge in [-0.2, -0.15) is 0 Å². The molecule has 2 bridgehead atoms. The standard InChI is InChI=1S/C15H19NO2/c17-14-10-12-6-7-13(14)16(15(12)18)9-8-11-4-2-1-3-5-11/h1-5,12-14,17H,6-10H2/t12-,13+,14+/m0/s1. The molecule has 0 aromatic heterocycles. The van der Waals surface area contributed by atoms with Crippen molar-refractivity contribution in [1.82, 2.24) is 4.90 Å². The molecule has 18 heavy (non-hydrogen) atoms. The quantitative estimate of drug-likeness (QED) is 0.878. The molecule has 3 heteroatoms. The first kappa shape index (κ1) is 11.7. The van der Waals surface area contributed by atoms with Gasteiger partial charge in [-0.3, -0.25) is 4.79 Å². The van der Waals surface area contributed by atoms with Gasteiger partial charge in [0.15, 0.2) is 0 Å². The summed E-state index contributed by atoms with van der Waals surface area (Å²) in [5, 5.41) is 9.99. The minimum absolute atomic E-state index is 0.0613. The van der Waals surface area contributed by atoms with Gasteiger partial charge >= 0.3 is 0 Å². The molecule has 2 saturated heterocycles. The van der Waals surface area contributed by atoms with Gasteiger partial charge in [0.1, 0.15) is 0 Å². The van der Waals surface area contributed by atoms with Crippen LogP contribution in [0.25, 0.3) is 0 Å². The number of benzene rings is 1. The molecule has 1 amide bonds. The van der Waals surface area contributed by atoms with Crippen molar-refractivity contribution in [3.8, 4) is 0 Å². The average molecular weight is 245 g/mol. The van der Waals surface area contributed by atoms with E-state index in [1.165, 1.54) is 5.56 Å². The lowest BCUT2D eigenvalue weighted by atomic mass is 9.77. The van der Waals surface area contributed by atoms with Gasteiger partial charge in [0.2, 0.25) is 5.91 Å². The molecule has 2 aliphatic heterocycles. The third-order valence-corrected chi connectivity index (χ3v) is 4.30. The van der Waals surface area contributed by atoms with E-state index in [4.69, 9.17) is 0 Å². The predicted molar refractivity (Wildman–Crippen MR) is 69.0 cm³/mol. The lowest BCUT2D eigenvalue weighted by molar-refractivity contribution is -0.156. The largest absolute Gasteiger partial charge is 0.391 e. The van der Waals surface area contributed by atoms with Crippen molar-refractivity contribution >= 4 is 5.91 Å². The second-order valence-electron chi connectivity index (χ2n) is 5.41. The summed E-state index contributed by atoms with van der Waals surface area (Å²) in [5.41, 5.74) is 1.25. The molecule has 0 radical (unpaired) electrons. The number of rotatable bonds is 3. The van der Waals surface area contributed by atoms with Gasteiger partial charge in [0.05, 0.1) is 12.1 Å². The Morgan fingerprint density at radius 2 is 2.00 bits per heavy atom. The highest BCUT2D eigenvalue weighted by Gasteiger charge is 2.44. The molecule has 4 rings (SSSR count). The minimum atomic E-state index is -0.308. The Hall–Kier alpha value is -1.35. The van der Waals surface area contributed by atoms with Crippen molar-refractivity contribution < 1.29 is 9.90 Å². The van der Waals surface area contributed by atoms with E-state index < -0.39 is 0 Å². The Bertz CT molecular complexity index is 431. The van der Waals surface area contributed by atoms with Gasteiger partial charge in [0, 0.05) is 12.5 Å². The van der Waals surface area contributed by atoms with Crippen LogP contribution in [0, 0.1) is 5.92 Å². The Labute approximate surface area is 107 Å². The SMILES string of the molecule is O=C1[C@H]2CC[C@H]([C@H](O)C2)N1CCc1ccccc1. The number of carbonyl (C=O) groups excluding carboxylic acids is 1. The van der Waals surface area contributed by atoms with Gasteiger partial charge in [-0.15, -0.1) is 0 Å². The van der Waals surface area contributed by atoms with Crippen LogP contribution in [0.15, 0.2) is 30.3 Å². The average Bonchev–Trinajstić information content (AvgIpc) is 2.40. The fourth-order valence-electron chi connectivity index (χ4n) is 3.29. The lowest BCUT2D eigenvalue weighted by Crippen LogP contribution is -2.59. The van der Waals surface area contributed by atoms with E-state index in [1.807, 2.05) is 23.1 Å². The monoisotopic (exact) mass is 245 g/mol. The number of hydrogen-bond donors (Lipinski definition) is 1. The fraction of sp³-hybridized carbons (Fsp3) is 0.533. The lowest BCUT2D eigenvalue weighted by Gasteiger charge is -2.47. The van der Waals surface area contributed by atoms with E-state index in [2.05, 4.69) is 12.1 Å². The number of piperidine rings is 2. The van der Waals surface area contributed by atoms with Gasteiger partial charge in [-0.25, -0.2) is 0 Å². The molecule has 1 saturated carbocycles. The number of nitrogens with zero attached hydrogens (tertiary/aromatic N) is 1. The minimum Gasteiger partial charge on any atom is -0.391 e. The Kier molecular flexibility index (Phi) is 3.08. The Balaban J connectivity index is 1.67. The number of hydrogen-bond acceptors (Lipinski definition) is 2. The van der Waals surface area contributed by atoms with Crippen molar-refractivity contribution in [3.63, 3.8) is 0 Å². The van der Waals surface area contributed by atoms with E-state index >= 15 is 0 Å². The van der Waals surface area contributed by atoms with Crippen molar-refractivity contribution in [2.24, 2.45) is 5.92 Å². The van der Waals surface area contributed by atoms with Crippen molar-refractivity contribution in [3.05, 3.63) is 35.9 Å². The molecule has 3 atom stereocenters. The zero-order valence-electron chi connectivity index (χ0n) is 10.5.